The summed E-state index contributed by atoms with van der Waals surface area (Å²) in [6.45, 7) is 1.54. The summed E-state index contributed by atoms with van der Waals surface area (Å²) in [5.41, 5.74) is 0.617. The van der Waals surface area contributed by atoms with Crippen LogP contribution in [0.15, 0.2) is 78.9 Å². The van der Waals surface area contributed by atoms with Crippen molar-refractivity contribution in [2.45, 2.75) is 25.1 Å². The first-order chi connectivity index (χ1) is 17.6. The van der Waals surface area contributed by atoms with Gasteiger partial charge >= 0.3 is 18.8 Å². The number of hydrogen-bond acceptors (Lipinski definition) is 6. The number of nitrogens with zero attached hydrogens (tertiary/aromatic N) is 1. The van der Waals surface area contributed by atoms with E-state index in [-0.39, 0.29) is 23.7 Å². The summed E-state index contributed by atoms with van der Waals surface area (Å²) in [6.07, 6.45) is -0.839. The normalized spacial score (nSPS) is 12.9. The highest BCUT2D eigenvalue weighted by Crippen LogP contribution is 2.50. The number of aliphatic carboxylic acids is 1. The molecule has 1 N–H and O–H groups in total. The van der Waals surface area contributed by atoms with E-state index < -0.39 is 42.3 Å². The van der Waals surface area contributed by atoms with Crippen molar-refractivity contribution in [3.05, 3.63) is 94.5 Å². The zero-order valence-electron chi connectivity index (χ0n) is 19.7. The number of carboxylic acid groups (broad SMARTS) is 1. The molecule has 3 aromatic carbocycles. The number of halogens is 2. The van der Waals surface area contributed by atoms with Crippen LogP contribution in [-0.4, -0.2) is 38.1 Å². The Bertz CT molecular complexity index is 1230. The number of carboxylic acids is 1. The highest BCUT2D eigenvalue weighted by atomic mass is 35.5. The fourth-order valence-electron chi connectivity index (χ4n) is 3.36. The Balaban J connectivity index is 1.98. The Morgan fingerprint density at radius 3 is 1.97 bits per heavy atom. The van der Waals surface area contributed by atoms with Gasteiger partial charge in [-0.05, 0) is 42.8 Å². The van der Waals surface area contributed by atoms with Gasteiger partial charge in [-0.3, -0.25) is 4.90 Å². The molecule has 3 rings (SSSR count). The minimum Gasteiger partial charge on any atom is -0.607 e. The van der Waals surface area contributed by atoms with Gasteiger partial charge in [0, 0.05) is 15.6 Å². The van der Waals surface area contributed by atoms with Crippen molar-refractivity contribution in [2.24, 2.45) is 0 Å². The molecule has 0 saturated carbocycles. The molecule has 0 heterocycles. The molecule has 37 heavy (non-hydrogen) atoms. The quantitative estimate of drug-likeness (QED) is 0.194. The summed E-state index contributed by atoms with van der Waals surface area (Å²) in [6, 6.07) is 19.2. The van der Waals surface area contributed by atoms with Gasteiger partial charge in [-0.1, -0.05) is 72.6 Å². The van der Waals surface area contributed by atoms with Gasteiger partial charge < -0.3 is 18.7 Å². The molecule has 0 bridgehead atoms. The zero-order chi connectivity index (χ0) is 27.0. The van der Waals surface area contributed by atoms with E-state index in [9.17, 15) is 23.8 Å². The minimum atomic E-state index is -4.35. The number of benzene rings is 3. The van der Waals surface area contributed by atoms with Gasteiger partial charge in [0.25, 0.3) is 0 Å². The van der Waals surface area contributed by atoms with Crippen molar-refractivity contribution in [3.63, 3.8) is 0 Å². The molecule has 0 aromatic heterocycles. The molecule has 12 heteroatoms. The number of amides is 1. The predicted octanol–water partition coefficient (Wildman–Crippen LogP) is 6.84. The van der Waals surface area contributed by atoms with Gasteiger partial charge in [0.05, 0.1) is 11.2 Å². The van der Waals surface area contributed by atoms with Crippen LogP contribution in [0.1, 0.15) is 18.9 Å². The number of hydrogen-bond donors (Lipinski definition) is 1. The van der Waals surface area contributed by atoms with E-state index >= 15 is 0 Å². The lowest BCUT2D eigenvalue weighted by atomic mass is 10.2. The Morgan fingerprint density at radius 1 is 0.973 bits per heavy atom. The van der Waals surface area contributed by atoms with E-state index in [1.54, 1.807) is 61.5 Å². The van der Waals surface area contributed by atoms with Crippen LogP contribution in [0.4, 0.5) is 4.79 Å². The van der Waals surface area contributed by atoms with Crippen LogP contribution in [0.3, 0.4) is 0 Å². The van der Waals surface area contributed by atoms with Crippen molar-refractivity contribution in [1.82, 2.24) is 4.90 Å². The molecule has 0 aliphatic rings. The summed E-state index contributed by atoms with van der Waals surface area (Å²) < 4.78 is 38.5. The molecule has 0 aliphatic carbocycles. The summed E-state index contributed by atoms with van der Waals surface area (Å²) >= 11 is 9.90. The van der Waals surface area contributed by atoms with Crippen molar-refractivity contribution in [2.75, 3.05) is 6.29 Å². The smallest absolute Gasteiger partial charge is 0.450 e. The second kappa shape index (κ2) is 13.2. The van der Waals surface area contributed by atoms with E-state index in [0.29, 0.717) is 15.6 Å². The monoisotopic (exact) mass is 583 g/mol. The lowest BCUT2D eigenvalue weighted by Crippen LogP contribution is -2.48. The fraction of sp³-hybridized carbons (Fsp3) is 0.200. The maximum absolute atomic E-state index is 14.1. The van der Waals surface area contributed by atoms with Crippen LogP contribution < -0.4 is 9.05 Å². The molecule has 0 spiro atoms. The maximum atomic E-state index is 14.1. The van der Waals surface area contributed by atoms with Crippen LogP contribution in [0, 0.1) is 0 Å². The van der Waals surface area contributed by atoms with Crippen LogP contribution >= 0.6 is 30.8 Å². The number of rotatable bonds is 11. The zero-order valence-corrected chi connectivity index (χ0v) is 22.9. The Kier molecular flexibility index (Phi) is 10.3. The predicted molar refractivity (Wildman–Crippen MR) is 144 cm³/mol. The number of carbonyl (C=O) groups is 2. The molecule has 1 amide bonds. The second-order valence-corrected chi connectivity index (χ2v) is 11.9. The molecule has 3 aromatic rings. The van der Waals surface area contributed by atoms with Crippen LogP contribution in [-0.2, 0) is 26.3 Å². The first-order valence-corrected chi connectivity index (χ1v) is 14.9. The SMILES string of the molecule is CCC(C(=O)O)N(CP(=O)(Oc1cccc(Cl)c1)Oc1cccc(Cl)c1)C(=O)[S+]([O-])Cc1ccccc1. The average molecular weight is 584 g/mol. The maximum Gasteiger partial charge on any atom is 0.450 e. The average Bonchev–Trinajstić information content (AvgIpc) is 2.83. The molecule has 2 unspecified atom stereocenters. The molecule has 0 saturated heterocycles. The number of carbonyl (C=O) groups excluding carboxylic acids is 1. The summed E-state index contributed by atoms with van der Waals surface area (Å²) in [4.78, 5) is 26.2. The van der Waals surface area contributed by atoms with Gasteiger partial charge in [-0.15, -0.1) is 0 Å². The van der Waals surface area contributed by atoms with E-state index in [0.717, 1.165) is 4.90 Å². The van der Waals surface area contributed by atoms with E-state index in [1.165, 1.54) is 24.3 Å². The molecule has 0 radical (unpaired) electrons. The van der Waals surface area contributed by atoms with Crippen LogP contribution in [0.2, 0.25) is 10.0 Å². The van der Waals surface area contributed by atoms with Gasteiger partial charge in [0.2, 0.25) is 0 Å². The fourth-order valence-corrected chi connectivity index (χ4v) is 6.61. The van der Waals surface area contributed by atoms with E-state index in [2.05, 4.69) is 0 Å². The third kappa shape index (κ3) is 8.42. The topological polar surface area (TPSA) is 116 Å². The lowest BCUT2D eigenvalue weighted by molar-refractivity contribution is -0.141. The molecule has 2 atom stereocenters. The largest absolute Gasteiger partial charge is 0.607 e. The second-order valence-electron chi connectivity index (χ2n) is 7.82. The summed E-state index contributed by atoms with van der Waals surface area (Å²) in [5, 5.41) is 9.39. The first-order valence-electron chi connectivity index (χ1n) is 11.1. The highest BCUT2D eigenvalue weighted by Gasteiger charge is 2.43. The van der Waals surface area contributed by atoms with Crippen LogP contribution in [0.25, 0.3) is 0 Å². The standard InChI is InChI=1S/C25H24Cl2NO7PS/c1-2-23(24(29)30)28(25(31)37(33)16-18-8-4-3-5-9-18)17-36(32,34-21-12-6-10-19(26)14-21)35-22-13-7-11-20(27)15-22/h3-15,23H,2,16-17H2,1H3,(H,29,30). The Morgan fingerprint density at radius 2 is 1.51 bits per heavy atom. The van der Waals surface area contributed by atoms with Crippen molar-refractivity contribution in [3.8, 4) is 11.5 Å². The summed E-state index contributed by atoms with van der Waals surface area (Å²) in [5.74, 6) is -1.37. The molecule has 196 valence electrons. The molecular formula is C25H24Cl2NO7PS. The summed E-state index contributed by atoms with van der Waals surface area (Å²) in [7, 11) is -4.35. The van der Waals surface area contributed by atoms with Gasteiger partial charge in [0.1, 0.15) is 23.3 Å². The highest BCUT2D eigenvalue weighted by molar-refractivity contribution is 8.05. The van der Waals surface area contributed by atoms with E-state index in [1.807, 2.05) is 0 Å². The lowest BCUT2D eigenvalue weighted by Gasteiger charge is -2.30. The van der Waals surface area contributed by atoms with Crippen molar-refractivity contribution in [1.29, 1.82) is 0 Å². The third-order valence-corrected chi connectivity index (χ3v) is 8.34. The molecule has 0 aliphatic heterocycles. The first kappa shape index (κ1) is 28.9. The molecule has 0 fully saturated rings. The van der Waals surface area contributed by atoms with E-state index in [4.69, 9.17) is 32.2 Å². The van der Waals surface area contributed by atoms with Crippen molar-refractivity contribution < 1.29 is 32.9 Å². The van der Waals surface area contributed by atoms with Crippen LogP contribution in [0.5, 0.6) is 11.5 Å². The Labute approximate surface area is 227 Å². The van der Waals surface area contributed by atoms with Gasteiger partial charge in [-0.2, -0.15) is 0 Å². The van der Waals surface area contributed by atoms with Gasteiger partial charge in [0.15, 0.2) is 6.29 Å². The van der Waals surface area contributed by atoms with Crippen molar-refractivity contribution >= 4 is 53.2 Å². The molecule has 8 nitrogen and oxygen atoms in total. The third-order valence-electron chi connectivity index (χ3n) is 5.02. The molecular weight excluding hydrogens is 560 g/mol. The minimum absolute atomic E-state index is 0.0437. The van der Waals surface area contributed by atoms with Gasteiger partial charge in [-0.25, -0.2) is 14.2 Å². The Hall–Kier alpha value is -2.68.